The van der Waals surface area contributed by atoms with Crippen molar-refractivity contribution < 1.29 is 22.3 Å². The van der Waals surface area contributed by atoms with E-state index < -0.39 is 27.3 Å². The van der Waals surface area contributed by atoms with Crippen LogP contribution in [0, 0.1) is 19.7 Å². The number of ether oxygens (including phenoxy) is 1. The maximum atomic E-state index is 14.6. The van der Waals surface area contributed by atoms with Gasteiger partial charge in [0.1, 0.15) is 11.6 Å². The Bertz CT molecular complexity index is 1410. The molecular weight excluding hydrogens is 505 g/mol. The topological polar surface area (TPSA) is 78.9 Å². The molecule has 0 unspecified atom stereocenters. The predicted molar refractivity (Wildman–Crippen MR) is 139 cm³/mol. The van der Waals surface area contributed by atoms with Crippen molar-refractivity contribution in [3.8, 4) is 5.75 Å². The smallest absolute Gasteiger partial charge is 0.258 e. The zero-order chi connectivity index (χ0) is 26.0. The van der Waals surface area contributed by atoms with Crippen LogP contribution in [0.5, 0.6) is 5.75 Å². The monoisotopic (exact) mass is 531 g/mol. The average Bonchev–Trinajstić information content (AvgIpc) is 2.86. The number of amides is 1. The lowest BCUT2D eigenvalue weighted by atomic mass is 10.1. The van der Waals surface area contributed by atoms with Crippen LogP contribution in [0.15, 0.2) is 59.5 Å². The van der Waals surface area contributed by atoms with E-state index in [1.807, 2.05) is 25.1 Å². The summed E-state index contributed by atoms with van der Waals surface area (Å²) in [4.78, 5) is 14.9. The Morgan fingerprint density at radius 2 is 1.75 bits per heavy atom. The van der Waals surface area contributed by atoms with Crippen molar-refractivity contribution >= 4 is 38.9 Å². The number of rotatable bonds is 6. The van der Waals surface area contributed by atoms with Gasteiger partial charge in [-0.3, -0.25) is 4.79 Å². The van der Waals surface area contributed by atoms with Gasteiger partial charge in [-0.2, -0.15) is 4.31 Å². The number of methoxy groups -OCH3 is 1. The molecular formula is C26H27ClFN3O4S. The standard InChI is InChI=1S/C26H27ClFN3O4S/c1-17-5-4-6-24(18(17)2)30-11-13-31(14-12-30)36(33,34)20-8-9-22(28)21(16-20)26(32)29-23-15-19(27)7-10-25(23)35-3/h4-10,15-16H,11-14H2,1-3H3,(H,29,32). The van der Waals surface area contributed by atoms with Crippen molar-refractivity contribution in [2.24, 2.45) is 0 Å². The number of nitrogens with one attached hydrogen (secondary N) is 1. The Kier molecular flexibility index (Phi) is 7.54. The SMILES string of the molecule is COc1ccc(Cl)cc1NC(=O)c1cc(S(=O)(=O)N2CCN(c3cccc(C)c3C)CC2)ccc1F. The van der Waals surface area contributed by atoms with E-state index in [-0.39, 0.29) is 23.7 Å². The van der Waals surface area contributed by atoms with Crippen LogP contribution in [0.3, 0.4) is 0 Å². The first-order valence-electron chi connectivity index (χ1n) is 11.4. The molecule has 7 nitrogen and oxygen atoms in total. The number of carbonyl (C=O) groups excluding carboxylic acids is 1. The number of aryl methyl sites for hydroxylation is 1. The van der Waals surface area contributed by atoms with Crippen molar-refractivity contribution in [1.82, 2.24) is 4.31 Å². The van der Waals surface area contributed by atoms with Gasteiger partial charge in [-0.05, 0) is 67.4 Å². The molecule has 1 N–H and O–H groups in total. The molecule has 36 heavy (non-hydrogen) atoms. The number of sulfonamides is 1. The van der Waals surface area contributed by atoms with Crippen molar-refractivity contribution in [2.75, 3.05) is 43.5 Å². The quantitative estimate of drug-likeness (QED) is 0.491. The number of carbonyl (C=O) groups is 1. The van der Waals surface area contributed by atoms with Crippen molar-refractivity contribution in [3.63, 3.8) is 0 Å². The molecule has 1 amide bonds. The summed E-state index contributed by atoms with van der Waals surface area (Å²) in [6, 6.07) is 13.9. The highest BCUT2D eigenvalue weighted by Gasteiger charge is 2.30. The van der Waals surface area contributed by atoms with E-state index in [0.717, 1.165) is 17.8 Å². The van der Waals surface area contributed by atoms with Crippen LogP contribution in [0.2, 0.25) is 5.02 Å². The fourth-order valence-electron chi connectivity index (χ4n) is 4.20. The lowest BCUT2D eigenvalue weighted by Crippen LogP contribution is -2.48. The zero-order valence-electron chi connectivity index (χ0n) is 20.2. The van der Waals surface area contributed by atoms with Crippen molar-refractivity contribution in [3.05, 3.63) is 82.1 Å². The summed E-state index contributed by atoms with van der Waals surface area (Å²) in [5.74, 6) is -1.32. The van der Waals surface area contributed by atoms with E-state index in [0.29, 0.717) is 23.9 Å². The van der Waals surface area contributed by atoms with Crippen LogP contribution < -0.4 is 15.0 Å². The molecule has 0 aliphatic carbocycles. The maximum Gasteiger partial charge on any atom is 0.258 e. The second-order valence-electron chi connectivity index (χ2n) is 8.55. The molecule has 190 valence electrons. The van der Waals surface area contributed by atoms with E-state index in [2.05, 4.69) is 17.1 Å². The minimum Gasteiger partial charge on any atom is -0.495 e. The molecule has 1 saturated heterocycles. The summed E-state index contributed by atoms with van der Waals surface area (Å²) < 4.78 is 47.9. The van der Waals surface area contributed by atoms with Gasteiger partial charge in [0.25, 0.3) is 5.91 Å². The molecule has 0 spiro atoms. The van der Waals surface area contributed by atoms with Crippen molar-refractivity contribution in [2.45, 2.75) is 18.7 Å². The van der Waals surface area contributed by atoms with Gasteiger partial charge < -0.3 is 15.0 Å². The fourth-order valence-corrected chi connectivity index (χ4v) is 5.82. The number of anilines is 2. The molecule has 1 aliphatic heterocycles. The third kappa shape index (κ3) is 5.18. The Hall–Kier alpha value is -3.14. The number of nitrogens with zero attached hydrogens (tertiary/aromatic N) is 2. The van der Waals surface area contributed by atoms with E-state index in [9.17, 15) is 17.6 Å². The summed E-state index contributed by atoms with van der Waals surface area (Å²) in [5, 5.41) is 2.90. The van der Waals surface area contributed by atoms with Crippen LogP contribution >= 0.6 is 11.6 Å². The first-order chi connectivity index (χ1) is 17.1. The van der Waals surface area contributed by atoms with E-state index >= 15 is 0 Å². The summed E-state index contributed by atoms with van der Waals surface area (Å²) in [6.07, 6.45) is 0. The van der Waals surface area contributed by atoms with Gasteiger partial charge >= 0.3 is 0 Å². The van der Waals surface area contributed by atoms with E-state index in [1.54, 1.807) is 12.1 Å². The Balaban J connectivity index is 1.53. The van der Waals surface area contributed by atoms with Crippen LogP contribution in [0.1, 0.15) is 21.5 Å². The molecule has 1 heterocycles. The molecule has 0 radical (unpaired) electrons. The lowest BCUT2D eigenvalue weighted by molar-refractivity contribution is 0.102. The van der Waals surface area contributed by atoms with Gasteiger partial charge in [0.2, 0.25) is 10.0 Å². The van der Waals surface area contributed by atoms with E-state index in [1.165, 1.54) is 34.7 Å². The van der Waals surface area contributed by atoms with Gasteiger partial charge in [-0.1, -0.05) is 23.7 Å². The minimum atomic E-state index is -3.94. The number of piperazine rings is 1. The normalized spacial score (nSPS) is 14.5. The third-order valence-electron chi connectivity index (χ3n) is 6.39. The van der Waals surface area contributed by atoms with Crippen molar-refractivity contribution in [1.29, 1.82) is 0 Å². The molecule has 1 aliphatic rings. The number of benzene rings is 3. The first-order valence-corrected chi connectivity index (χ1v) is 13.2. The summed E-state index contributed by atoms with van der Waals surface area (Å²) in [7, 11) is -2.51. The summed E-state index contributed by atoms with van der Waals surface area (Å²) in [6.45, 7) is 5.68. The molecule has 4 rings (SSSR count). The molecule has 1 fully saturated rings. The lowest BCUT2D eigenvalue weighted by Gasteiger charge is -2.36. The number of hydrogen-bond acceptors (Lipinski definition) is 5. The van der Waals surface area contributed by atoms with Gasteiger partial charge in [-0.15, -0.1) is 0 Å². The van der Waals surface area contributed by atoms with Gasteiger partial charge in [0.05, 0.1) is 23.3 Å². The molecule has 0 saturated carbocycles. The average molecular weight is 532 g/mol. The molecule has 0 atom stereocenters. The largest absolute Gasteiger partial charge is 0.495 e. The van der Waals surface area contributed by atoms with Gasteiger partial charge in [0, 0.05) is 36.9 Å². The Labute approximate surface area is 215 Å². The highest BCUT2D eigenvalue weighted by Crippen LogP contribution is 2.29. The molecule has 10 heteroatoms. The van der Waals surface area contributed by atoms with Gasteiger partial charge in [-0.25, -0.2) is 12.8 Å². The van der Waals surface area contributed by atoms with Crippen LogP contribution in [0.4, 0.5) is 15.8 Å². The highest BCUT2D eigenvalue weighted by atomic mass is 35.5. The zero-order valence-corrected chi connectivity index (χ0v) is 21.8. The third-order valence-corrected chi connectivity index (χ3v) is 8.52. The van der Waals surface area contributed by atoms with Crippen LogP contribution in [-0.4, -0.2) is 51.9 Å². The van der Waals surface area contributed by atoms with Gasteiger partial charge in [0.15, 0.2) is 0 Å². The van der Waals surface area contributed by atoms with Crippen LogP contribution in [0.25, 0.3) is 0 Å². The predicted octanol–water partition coefficient (Wildman–Crippen LogP) is 4.87. The number of halogens is 2. The second kappa shape index (κ2) is 10.5. The minimum absolute atomic E-state index is 0.146. The highest BCUT2D eigenvalue weighted by molar-refractivity contribution is 7.89. The molecule has 3 aromatic rings. The Morgan fingerprint density at radius 3 is 2.44 bits per heavy atom. The fraction of sp³-hybridized carbons (Fsp3) is 0.269. The van der Waals surface area contributed by atoms with Crippen LogP contribution in [-0.2, 0) is 10.0 Å². The Morgan fingerprint density at radius 1 is 1.03 bits per heavy atom. The van der Waals surface area contributed by atoms with E-state index in [4.69, 9.17) is 16.3 Å². The second-order valence-corrected chi connectivity index (χ2v) is 10.9. The molecule has 0 bridgehead atoms. The number of hydrogen-bond donors (Lipinski definition) is 1. The maximum absolute atomic E-state index is 14.6. The summed E-state index contributed by atoms with van der Waals surface area (Å²) in [5.41, 5.74) is 3.27. The first kappa shape index (κ1) is 25.9. The molecule has 0 aromatic heterocycles. The summed E-state index contributed by atoms with van der Waals surface area (Å²) >= 11 is 6.00. The molecule has 3 aromatic carbocycles.